The Morgan fingerprint density at radius 1 is 1.60 bits per heavy atom. The van der Waals surface area contributed by atoms with Gasteiger partial charge in [0, 0.05) is 5.92 Å². The monoisotopic (exact) mass is 139 g/mol. The second-order valence-electron chi connectivity index (χ2n) is 2.68. The smallest absolute Gasteiger partial charge is 0.0639 e. The summed E-state index contributed by atoms with van der Waals surface area (Å²) < 4.78 is 0. The Hall–Kier alpha value is -0.790. The van der Waals surface area contributed by atoms with Crippen molar-refractivity contribution in [2.24, 2.45) is 11.1 Å². The van der Waals surface area contributed by atoms with Gasteiger partial charge in [0.25, 0.3) is 0 Å². The van der Waals surface area contributed by atoms with E-state index in [0.29, 0.717) is 5.92 Å². The molecule has 0 aromatic rings. The molecule has 0 aliphatic heterocycles. The third kappa shape index (κ3) is 1.38. The maximum atomic E-state index is 8.53. The highest BCUT2D eigenvalue weighted by molar-refractivity contribution is 5.88. The Labute approximate surface area is 61.2 Å². The first-order valence-corrected chi connectivity index (χ1v) is 3.72. The molecule has 1 saturated carbocycles. The van der Waals surface area contributed by atoms with Gasteiger partial charge in [-0.1, -0.05) is 17.7 Å². The summed E-state index contributed by atoms with van der Waals surface area (Å²) >= 11 is 0. The summed E-state index contributed by atoms with van der Waals surface area (Å²) in [5.74, 6) is 0.332. The van der Waals surface area contributed by atoms with E-state index in [1.54, 1.807) is 0 Å². The number of nitrogens with zero attached hydrogens (tertiary/aromatic N) is 1. The molecule has 0 radical (unpaired) electrons. The molecular weight excluding hydrogens is 126 g/mol. The van der Waals surface area contributed by atoms with Crippen molar-refractivity contribution in [1.82, 2.24) is 0 Å². The van der Waals surface area contributed by atoms with Crippen LogP contribution in [0, 0.1) is 5.92 Å². The fourth-order valence-electron chi connectivity index (χ4n) is 1.40. The van der Waals surface area contributed by atoms with Crippen LogP contribution in [0.25, 0.3) is 0 Å². The Bertz CT molecular complexity index is 151. The van der Waals surface area contributed by atoms with E-state index in [2.05, 4.69) is 11.7 Å². The van der Waals surface area contributed by atoms with Crippen molar-refractivity contribution >= 4 is 5.71 Å². The van der Waals surface area contributed by atoms with Crippen LogP contribution in [0.15, 0.2) is 17.8 Å². The Balaban J connectivity index is 2.59. The molecule has 0 aromatic carbocycles. The molecule has 1 fully saturated rings. The lowest BCUT2D eigenvalue weighted by Crippen LogP contribution is -2.16. The summed E-state index contributed by atoms with van der Waals surface area (Å²) in [4.78, 5) is 0. The Morgan fingerprint density at radius 2 is 2.40 bits per heavy atom. The molecule has 1 N–H and O–H groups in total. The average Bonchev–Trinajstić information content (AvgIpc) is 2.04. The van der Waals surface area contributed by atoms with Crippen molar-refractivity contribution in [2.75, 3.05) is 0 Å². The van der Waals surface area contributed by atoms with Gasteiger partial charge in [0.15, 0.2) is 0 Å². The molecule has 1 aliphatic rings. The quantitative estimate of drug-likeness (QED) is 0.337. The van der Waals surface area contributed by atoms with E-state index in [9.17, 15) is 0 Å². The average molecular weight is 139 g/mol. The summed E-state index contributed by atoms with van der Waals surface area (Å²) in [6.07, 6.45) is 6.30. The van der Waals surface area contributed by atoms with Crippen molar-refractivity contribution in [3.8, 4) is 0 Å². The number of rotatable bonds is 1. The SMILES string of the molecule is C=CC1CCCCC1=NO. The zero-order valence-electron chi connectivity index (χ0n) is 6.08. The van der Waals surface area contributed by atoms with Crippen molar-refractivity contribution in [1.29, 1.82) is 0 Å². The molecule has 1 atom stereocenters. The van der Waals surface area contributed by atoms with Crippen molar-refractivity contribution in [3.63, 3.8) is 0 Å². The Morgan fingerprint density at radius 3 is 2.90 bits per heavy atom. The molecule has 10 heavy (non-hydrogen) atoms. The van der Waals surface area contributed by atoms with Gasteiger partial charge >= 0.3 is 0 Å². The lowest BCUT2D eigenvalue weighted by Gasteiger charge is -2.18. The minimum absolute atomic E-state index is 0.332. The van der Waals surface area contributed by atoms with E-state index < -0.39 is 0 Å². The van der Waals surface area contributed by atoms with E-state index in [1.807, 2.05) is 6.08 Å². The first kappa shape index (κ1) is 7.32. The number of oxime groups is 1. The van der Waals surface area contributed by atoms with Gasteiger partial charge < -0.3 is 5.21 Å². The van der Waals surface area contributed by atoms with Crippen molar-refractivity contribution < 1.29 is 5.21 Å². The van der Waals surface area contributed by atoms with Gasteiger partial charge in [0.05, 0.1) is 5.71 Å². The van der Waals surface area contributed by atoms with E-state index >= 15 is 0 Å². The molecule has 2 nitrogen and oxygen atoms in total. The first-order chi connectivity index (χ1) is 4.88. The van der Waals surface area contributed by atoms with Crippen LogP contribution < -0.4 is 0 Å². The number of hydrogen-bond acceptors (Lipinski definition) is 2. The Kier molecular flexibility index (Phi) is 2.49. The molecule has 0 bridgehead atoms. The highest BCUT2D eigenvalue weighted by Crippen LogP contribution is 2.21. The van der Waals surface area contributed by atoms with Gasteiger partial charge in [0.1, 0.15) is 0 Å². The predicted octanol–water partition coefficient (Wildman–Crippen LogP) is 2.19. The third-order valence-corrected chi connectivity index (χ3v) is 2.04. The van der Waals surface area contributed by atoms with E-state index in [4.69, 9.17) is 5.21 Å². The van der Waals surface area contributed by atoms with Crippen LogP contribution in [-0.4, -0.2) is 10.9 Å². The standard InChI is InChI=1S/C8H13NO/c1-2-7-5-3-4-6-8(7)9-10/h2,7,10H,1,3-6H2. The highest BCUT2D eigenvalue weighted by Gasteiger charge is 2.17. The molecule has 0 saturated heterocycles. The second-order valence-corrected chi connectivity index (χ2v) is 2.68. The maximum Gasteiger partial charge on any atom is 0.0639 e. The van der Waals surface area contributed by atoms with E-state index in [-0.39, 0.29) is 0 Å². The number of hydrogen-bond donors (Lipinski definition) is 1. The van der Waals surface area contributed by atoms with Crippen molar-refractivity contribution in [3.05, 3.63) is 12.7 Å². The van der Waals surface area contributed by atoms with Gasteiger partial charge in [-0.15, -0.1) is 6.58 Å². The first-order valence-electron chi connectivity index (χ1n) is 3.72. The van der Waals surface area contributed by atoms with Crippen LogP contribution >= 0.6 is 0 Å². The summed E-state index contributed by atoms with van der Waals surface area (Å²) in [6.45, 7) is 3.69. The van der Waals surface area contributed by atoms with E-state index in [0.717, 1.165) is 25.0 Å². The van der Waals surface area contributed by atoms with E-state index in [1.165, 1.54) is 6.42 Å². The minimum Gasteiger partial charge on any atom is -0.411 e. The van der Waals surface area contributed by atoms with Gasteiger partial charge in [-0.25, -0.2) is 0 Å². The van der Waals surface area contributed by atoms with Gasteiger partial charge in [-0.2, -0.15) is 0 Å². The number of allylic oxidation sites excluding steroid dienone is 1. The van der Waals surface area contributed by atoms with Crippen LogP contribution in [0.1, 0.15) is 25.7 Å². The molecule has 0 heterocycles. The summed E-state index contributed by atoms with van der Waals surface area (Å²) in [6, 6.07) is 0. The molecule has 56 valence electrons. The molecule has 0 aromatic heterocycles. The molecule has 2 heteroatoms. The molecule has 0 spiro atoms. The minimum atomic E-state index is 0.332. The lowest BCUT2D eigenvalue weighted by molar-refractivity contribution is 0.311. The van der Waals surface area contributed by atoms with Crippen LogP contribution in [-0.2, 0) is 0 Å². The fraction of sp³-hybridized carbons (Fsp3) is 0.625. The normalized spacial score (nSPS) is 30.4. The predicted molar refractivity (Wildman–Crippen MR) is 41.4 cm³/mol. The van der Waals surface area contributed by atoms with Crippen molar-refractivity contribution in [2.45, 2.75) is 25.7 Å². The largest absolute Gasteiger partial charge is 0.411 e. The molecular formula is C8H13NO. The molecule has 1 aliphatic carbocycles. The van der Waals surface area contributed by atoms with Crippen LogP contribution in [0.4, 0.5) is 0 Å². The maximum absolute atomic E-state index is 8.53. The summed E-state index contributed by atoms with van der Waals surface area (Å²) in [5.41, 5.74) is 0.904. The fourth-order valence-corrected chi connectivity index (χ4v) is 1.40. The second kappa shape index (κ2) is 3.40. The van der Waals surface area contributed by atoms with Gasteiger partial charge in [0.2, 0.25) is 0 Å². The lowest BCUT2D eigenvalue weighted by atomic mass is 9.87. The zero-order chi connectivity index (χ0) is 7.40. The topological polar surface area (TPSA) is 32.6 Å². The van der Waals surface area contributed by atoms with Crippen LogP contribution in [0.5, 0.6) is 0 Å². The zero-order valence-corrected chi connectivity index (χ0v) is 6.08. The third-order valence-electron chi connectivity index (χ3n) is 2.04. The van der Waals surface area contributed by atoms with Crippen LogP contribution in [0.3, 0.4) is 0 Å². The molecule has 1 unspecified atom stereocenters. The van der Waals surface area contributed by atoms with Gasteiger partial charge in [-0.3, -0.25) is 0 Å². The van der Waals surface area contributed by atoms with Gasteiger partial charge in [-0.05, 0) is 19.3 Å². The van der Waals surface area contributed by atoms with Crippen LogP contribution in [0.2, 0.25) is 0 Å². The summed E-state index contributed by atoms with van der Waals surface area (Å²) in [7, 11) is 0. The molecule has 0 amide bonds. The molecule has 1 rings (SSSR count). The summed E-state index contributed by atoms with van der Waals surface area (Å²) in [5, 5.41) is 11.8. The highest BCUT2D eigenvalue weighted by atomic mass is 16.4.